The van der Waals surface area contributed by atoms with Gasteiger partial charge in [-0.25, -0.2) is 5.48 Å². The van der Waals surface area contributed by atoms with E-state index < -0.39 is 5.91 Å². The summed E-state index contributed by atoms with van der Waals surface area (Å²) < 4.78 is 5.26. The minimum Gasteiger partial charge on any atom is -0.497 e. The van der Waals surface area contributed by atoms with Crippen LogP contribution in [-0.4, -0.2) is 34.3 Å². The van der Waals surface area contributed by atoms with Crippen molar-refractivity contribution < 1.29 is 19.5 Å². The summed E-state index contributed by atoms with van der Waals surface area (Å²) in [4.78, 5) is 23.0. The number of methoxy groups -OCH3 is 1. The molecule has 27 heavy (non-hydrogen) atoms. The molecule has 3 rings (SSSR count). The van der Waals surface area contributed by atoms with E-state index in [2.05, 4.69) is 15.5 Å². The maximum Gasteiger partial charge on any atom is 0.243 e. The molecule has 0 aliphatic rings. The summed E-state index contributed by atoms with van der Waals surface area (Å²) in [5, 5.41) is 19.1. The van der Waals surface area contributed by atoms with Gasteiger partial charge in [-0.3, -0.25) is 19.9 Å². The van der Waals surface area contributed by atoms with Crippen molar-refractivity contribution in [1.82, 2.24) is 15.7 Å². The van der Waals surface area contributed by atoms with Crippen LogP contribution in [0.1, 0.15) is 19.3 Å². The highest BCUT2D eigenvalue weighted by Crippen LogP contribution is 2.29. The van der Waals surface area contributed by atoms with Gasteiger partial charge in [0.15, 0.2) is 5.82 Å². The van der Waals surface area contributed by atoms with Crippen LogP contribution in [-0.2, 0) is 9.59 Å². The van der Waals surface area contributed by atoms with Gasteiger partial charge < -0.3 is 10.1 Å². The van der Waals surface area contributed by atoms with Gasteiger partial charge in [-0.05, 0) is 41.8 Å². The van der Waals surface area contributed by atoms with Crippen LogP contribution >= 0.6 is 0 Å². The number of rotatable bonds is 7. The Kier molecular flexibility index (Phi) is 5.68. The van der Waals surface area contributed by atoms with Crippen molar-refractivity contribution >= 4 is 28.5 Å². The first-order chi connectivity index (χ1) is 13.1. The molecule has 8 heteroatoms. The standard InChI is InChI=1S/C19H20N4O4/c1-27-14-5-2-4-12(10-14)13-8-9-15-16(11-13)21-22-19(15)20-17(24)6-3-7-18(25)23-26/h2,4-5,8-11,26H,3,6-7H2,1H3,(H,23,25)(H2,20,21,22,24). The highest BCUT2D eigenvalue weighted by molar-refractivity contribution is 6.00. The van der Waals surface area contributed by atoms with Gasteiger partial charge in [-0.2, -0.15) is 5.10 Å². The van der Waals surface area contributed by atoms with Crippen molar-refractivity contribution in [1.29, 1.82) is 0 Å². The second-order valence-corrected chi connectivity index (χ2v) is 6.00. The Balaban J connectivity index is 1.72. The van der Waals surface area contributed by atoms with E-state index in [1.165, 1.54) is 5.48 Å². The zero-order chi connectivity index (χ0) is 19.2. The Morgan fingerprint density at radius 1 is 1.11 bits per heavy atom. The Morgan fingerprint density at radius 3 is 2.67 bits per heavy atom. The molecule has 0 atom stereocenters. The average Bonchev–Trinajstić information content (AvgIpc) is 3.09. The molecule has 0 saturated heterocycles. The average molecular weight is 368 g/mol. The number of hydrogen-bond donors (Lipinski definition) is 4. The number of anilines is 1. The van der Waals surface area contributed by atoms with Crippen molar-refractivity contribution in [3.63, 3.8) is 0 Å². The third-order valence-corrected chi connectivity index (χ3v) is 4.16. The van der Waals surface area contributed by atoms with E-state index in [0.29, 0.717) is 12.2 Å². The molecule has 4 N–H and O–H groups in total. The summed E-state index contributed by atoms with van der Waals surface area (Å²) >= 11 is 0. The number of aromatic nitrogens is 2. The van der Waals surface area contributed by atoms with Crippen molar-refractivity contribution in [2.45, 2.75) is 19.3 Å². The lowest BCUT2D eigenvalue weighted by Crippen LogP contribution is -2.19. The number of nitrogens with one attached hydrogen (secondary N) is 3. The number of fused-ring (bicyclic) bond motifs is 1. The molecule has 1 heterocycles. The Bertz CT molecular complexity index is 967. The van der Waals surface area contributed by atoms with Crippen molar-refractivity contribution in [2.24, 2.45) is 0 Å². The third-order valence-electron chi connectivity index (χ3n) is 4.16. The number of nitrogens with zero attached hydrogens (tertiary/aromatic N) is 1. The largest absolute Gasteiger partial charge is 0.497 e. The van der Waals surface area contributed by atoms with Crippen LogP contribution in [0.5, 0.6) is 5.75 Å². The third kappa shape index (κ3) is 4.42. The number of ether oxygens (including phenoxy) is 1. The highest BCUT2D eigenvalue weighted by atomic mass is 16.5. The molecule has 0 saturated carbocycles. The van der Waals surface area contributed by atoms with Crippen LogP contribution in [0.4, 0.5) is 5.82 Å². The van der Waals surface area contributed by atoms with Gasteiger partial charge in [0.2, 0.25) is 11.8 Å². The second kappa shape index (κ2) is 8.33. The summed E-state index contributed by atoms with van der Waals surface area (Å²) in [7, 11) is 1.63. The van der Waals surface area contributed by atoms with Gasteiger partial charge in [0.25, 0.3) is 0 Å². The fourth-order valence-electron chi connectivity index (χ4n) is 2.76. The van der Waals surface area contributed by atoms with Crippen LogP contribution in [0.3, 0.4) is 0 Å². The molecule has 0 fully saturated rings. The first kappa shape index (κ1) is 18.4. The van der Waals surface area contributed by atoms with E-state index in [4.69, 9.17) is 9.94 Å². The van der Waals surface area contributed by atoms with Gasteiger partial charge >= 0.3 is 0 Å². The van der Waals surface area contributed by atoms with E-state index in [-0.39, 0.29) is 18.7 Å². The van der Waals surface area contributed by atoms with Gasteiger partial charge in [0, 0.05) is 18.2 Å². The first-order valence-electron chi connectivity index (χ1n) is 8.46. The lowest BCUT2D eigenvalue weighted by atomic mass is 10.0. The first-order valence-corrected chi connectivity index (χ1v) is 8.46. The van der Waals surface area contributed by atoms with Gasteiger partial charge in [0.05, 0.1) is 12.6 Å². The molecule has 0 aliphatic carbocycles. The number of H-pyrrole nitrogens is 1. The van der Waals surface area contributed by atoms with Crippen molar-refractivity contribution in [3.05, 3.63) is 42.5 Å². The minimum absolute atomic E-state index is 0.0785. The number of benzene rings is 2. The summed E-state index contributed by atoms with van der Waals surface area (Å²) in [6.07, 6.45) is 0.569. The van der Waals surface area contributed by atoms with Crippen molar-refractivity contribution in [3.8, 4) is 16.9 Å². The molecule has 0 aliphatic heterocycles. The van der Waals surface area contributed by atoms with Gasteiger partial charge in [-0.1, -0.05) is 18.2 Å². The van der Waals surface area contributed by atoms with Gasteiger partial charge in [-0.15, -0.1) is 0 Å². The molecule has 1 aromatic heterocycles. The second-order valence-electron chi connectivity index (χ2n) is 6.00. The van der Waals surface area contributed by atoms with Crippen LogP contribution in [0.15, 0.2) is 42.5 Å². The lowest BCUT2D eigenvalue weighted by Gasteiger charge is -2.05. The van der Waals surface area contributed by atoms with E-state index in [9.17, 15) is 9.59 Å². The Hall–Kier alpha value is -3.39. The molecular weight excluding hydrogens is 348 g/mol. The van der Waals surface area contributed by atoms with E-state index >= 15 is 0 Å². The molecular formula is C19H20N4O4. The smallest absolute Gasteiger partial charge is 0.243 e. The Labute approximate surface area is 155 Å². The molecule has 3 aromatic rings. The predicted molar refractivity (Wildman–Crippen MR) is 100 cm³/mol. The van der Waals surface area contributed by atoms with E-state index in [0.717, 1.165) is 27.8 Å². The summed E-state index contributed by atoms with van der Waals surface area (Å²) in [6, 6.07) is 13.5. The zero-order valence-electron chi connectivity index (χ0n) is 14.8. The van der Waals surface area contributed by atoms with E-state index in [1.54, 1.807) is 7.11 Å². The number of hydrogen-bond acceptors (Lipinski definition) is 5. The predicted octanol–water partition coefficient (Wildman–Crippen LogP) is 2.85. The van der Waals surface area contributed by atoms with Crippen LogP contribution in [0.25, 0.3) is 22.0 Å². The summed E-state index contributed by atoms with van der Waals surface area (Å²) in [6.45, 7) is 0. The SMILES string of the molecule is COc1cccc(-c2ccc3c(NC(=O)CCCC(=O)NO)n[nH]c3c2)c1. The topological polar surface area (TPSA) is 116 Å². The molecule has 0 bridgehead atoms. The highest BCUT2D eigenvalue weighted by Gasteiger charge is 2.11. The maximum atomic E-state index is 12.0. The van der Waals surface area contributed by atoms with Crippen molar-refractivity contribution in [2.75, 3.05) is 12.4 Å². The number of amides is 2. The molecule has 0 radical (unpaired) electrons. The number of carbonyl (C=O) groups excluding carboxylic acids is 2. The molecule has 140 valence electrons. The van der Waals surface area contributed by atoms with E-state index in [1.807, 2.05) is 42.5 Å². The molecule has 0 spiro atoms. The molecule has 0 unspecified atom stereocenters. The molecule has 2 amide bonds. The monoisotopic (exact) mass is 368 g/mol. The van der Waals surface area contributed by atoms with Crippen LogP contribution in [0.2, 0.25) is 0 Å². The normalized spacial score (nSPS) is 10.6. The fraction of sp³-hybridized carbons (Fsp3) is 0.211. The minimum atomic E-state index is -0.516. The molecule has 2 aromatic carbocycles. The number of aromatic amines is 1. The number of carbonyl (C=O) groups is 2. The summed E-state index contributed by atoms with van der Waals surface area (Å²) in [5.41, 5.74) is 4.35. The zero-order valence-corrected chi connectivity index (χ0v) is 14.8. The fourth-order valence-corrected chi connectivity index (χ4v) is 2.76. The quantitative estimate of drug-likeness (QED) is 0.378. The number of hydroxylamine groups is 1. The molecule has 8 nitrogen and oxygen atoms in total. The Morgan fingerprint density at radius 2 is 1.89 bits per heavy atom. The summed E-state index contributed by atoms with van der Waals surface area (Å²) in [5.74, 6) is 0.461. The van der Waals surface area contributed by atoms with Crippen LogP contribution < -0.4 is 15.5 Å². The maximum absolute atomic E-state index is 12.0. The van der Waals surface area contributed by atoms with Gasteiger partial charge in [0.1, 0.15) is 5.75 Å². The lowest BCUT2D eigenvalue weighted by molar-refractivity contribution is -0.129. The van der Waals surface area contributed by atoms with Crippen LogP contribution in [0, 0.1) is 0 Å².